The van der Waals surface area contributed by atoms with Gasteiger partial charge in [0.15, 0.2) is 0 Å². The Labute approximate surface area is 133 Å². The first-order valence-electron chi connectivity index (χ1n) is 7.34. The average molecular weight is 303 g/mol. The summed E-state index contributed by atoms with van der Waals surface area (Å²) in [6.07, 6.45) is 0. The first-order chi connectivity index (χ1) is 9.83. The van der Waals surface area contributed by atoms with Gasteiger partial charge in [-0.2, -0.15) is 0 Å². The molecule has 1 heterocycles. The van der Waals surface area contributed by atoms with Crippen molar-refractivity contribution in [1.82, 2.24) is 9.80 Å². The molecular weight excluding hydrogens is 280 g/mol. The topological polar surface area (TPSA) is 6.48 Å². The van der Waals surface area contributed by atoms with Crippen LogP contribution < -0.4 is 0 Å². The number of hydrogen-bond acceptors (Lipinski definition) is 2. The van der Waals surface area contributed by atoms with Gasteiger partial charge < -0.3 is 4.90 Å². The lowest BCUT2D eigenvalue weighted by Crippen LogP contribution is -2.46. The lowest BCUT2D eigenvalue weighted by molar-refractivity contribution is 0.0834. The number of likely N-dealkylation sites (N-methyl/N-ethyl adjacent to an activating group) is 1. The van der Waals surface area contributed by atoms with Crippen LogP contribution in [0.5, 0.6) is 0 Å². The Hall–Kier alpha value is -1.35. The van der Waals surface area contributed by atoms with E-state index < -0.39 is 0 Å². The Morgan fingerprint density at radius 1 is 0.905 bits per heavy atom. The molecule has 112 valence electrons. The monoisotopic (exact) mass is 302 g/mol. The van der Waals surface area contributed by atoms with Crippen LogP contribution in [0.15, 0.2) is 60.7 Å². The number of nitrogens with zero attached hydrogens (tertiary/aromatic N) is 2. The summed E-state index contributed by atoms with van der Waals surface area (Å²) in [5.74, 6) is 0. The minimum atomic E-state index is 0. The average Bonchev–Trinajstić information content (AvgIpc) is 2.51. The van der Waals surface area contributed by atoms with Crippen molar-refractivity contribution >= 4 is 12.4 Å². The van der Waals surface area contributed by atoms with Gasteiger partial charge in [0.2, 0.25) is 0 Å². The molecule has 2 aromatic rings. The van der Waals surface area contributed by atoms with Crippen LogP contribution in [0, 0.1) is 0 Å². The zero-order chi connectivity index (χ0) is 13.8. The third-order valence-corrected chi connectivity index (χ3v) is 4.11. The Balaban J connectivity index is 0.00000161. The van der Waals surface area contributed by atoms with Crippen LogP contribution in [0.25, 0.3) is 0 Å². The first kappa shape index (κ1) is 16.0. The smallest absolute Gasteiger partial charge is 0.0479 e. The lowest BCUT2D eigenvalue weighted by atomic mass is 10.0. The van der Waals surface area contributed by atoms with Crippen LogP contribution in [0.1, 0.15) is 17.2 Å². The summed E-state index contributed by atoms with van der Waals surface area (Å²) in [6.45, 7) is 4.42. The number of hydrogen-bond donors (Lipinski definition) is 0. The Kier molecular flexibility index (Phi) is 5.80. The minimum absolute atomic E-state index is 0. The van der Waals surface area contributed by atoms with Gasteiger partial charge in [-0.05, 0) is 18.2 Å². The SMILES string of the molecule is CN1CCN(Cc2ccccc2)C(c2ccccc2)C1.Cl. The van der Waals surface area contributed by atoms with Crippen LogP contribution in [0.2, 0.25) is 0 Å². The fourth-order valence-electron chi connectivity index (χ4n) is 2.96. The molecule has 0 radical (unpaired) electrons. The summed E-state index contributed by atoms with van der Waals surface area (Å²) < 4.78 is 0. The second kappa shape index (κ2) is 7.60. The van der Waals surface area contributed by atoms with Crippen molar-refractivity contribution in [2.45, 2.75) is 12.6 Å². The zero-order valence-corrected chi connectivity index (χ0v) is 13.3. The van der Waals surface area contributed by atoms with E-state index in [2.05, 4.69) is 77.5 Å². The van der Waals surface area contributed by atoms with E-state index in [9.17, 15) is 0 Å². The molecule has 21 heavy (non-hydrogen) atoms. The van der Waals surface area contributed by atoms with Crippen molar-refractivity contribution in [2.24, 2.45) is 0 Å². The van der Waals surface area contributed by atoms with Gasteiger partial charge in [0.1, 0.15) is 0 Å². The third kappa shape index (κ3) is 4.07. The molecule has 1 saturated heterocycles. The predicted molar refractivity (Wildman–Crippen MR) is 90.8 cm³/mol. The minimum Gasteiger partial charge on any atom is -0.303 e. The van der Waals surface area contributed by atoms with Crippen LogP contribution in [-0.2, 0) is 6.54 Å². The molecule has 0 aromatic heterocycles. The fraction of sp³-hybridized carbons (Fsp3) is 0.333. The van der Waals surface area contributed by atoms with Gasteiger partial charge in [-0.15, -0.1) is 12.4 Å². The van der Waals surface area contributed by atoms with Crippen molar-refractivity contribution in [3.63, 3.8) is 0 Å². The highest BCUT2D eigenvalue weighted by atomic mass is 35.5. The van der Waals surface area contributed by atoms with Gasteiger partial charge in [-0.25, -0.2) is 0 Å². The molecule has 1 aliphatic rings. The van der Waals surface area contributed by atoms with E-state index in [0.29, 0.717) is 6.04 Å². The maximum absolute atomic E-state index is 2.60. The number of halogens is 1. The molecule has 0 spiro atoms. The Bertz CT molecular complexity index is 529. The van der Waals surface area contributed by atoms with Crippen molar-refractivity contribution in [1.29, 1.82) is 0 Å². The largest absolute Gasteiger partial charge is 0.303 e. The second-order valence-corrected chi connectivity index (χ2v) is 5.64. The molecule has 0 bridgehead atoms. The third-order valence-electron chi connectivity index (χ3n) is 4.11. The van der Waals surface area contributed by atoms with E-state index in [1.807, 2.05) is 0 Å². The van der Waals surface area contributed by atoms with Gasteiger partial charge >= 0.3 is 0 Å². The molecule has 1 fully saturated rings. The van der Waals surface area contributed by atoms with Crippen molar-refractivity contribution in [3.8, 4) is 0 Å². The zero-order valence-electron chi connectivity index (χ0n) is 12.5. The molecule has 2 aromatic carbocycles. The Morgan fingerprint density at radius 2 is 1.52 bits per heavy atom. The van der Waals surface area contributed by atoms with Gasteiger partial charge in [0.05, 0.1) is 0 Å². The Morgan fingerprint density at radius 3 is 2.19 bits per heavy atom. The molecule has 2 nitrogen and oxygen atoms in total. The van der Waals surface area contributed by atoms with E-state index in [-0.39, 0.29) is 12.4 Å². The van der Waals surface area contributed by atoms with E-state index >= 15 is 0 Å². The van der Waals surface area contributed by atoms with Crippen LogP contribution in [0.4, 0.5) is 0 Å². The molecule has 1 atom stereocenters. The maximum Gasteiger partial charge on any atom is 0.0479 e. The van der Waals surface area contributed by atoms with E-state index in [1.54, 1.807) is 0 Å². The molecule has 3 rings (SSSR count). The van der Waals surface area contributed by atoms with Crippen LogP contribution in [-0.4, -0.2) is 36.5 Å². The normalized spacial score (nSPS) is 20.0. The van der Waals surface area contributed by atoms with Crippen molar-refractivity contribution in [2.75, 3.05) is 26.7 Å². The molecule has 0 N–H and O–H groups in total. The second-order valence-electron chi connectivity index (χ2n) is 5.64. The molecule has 3 heteroatoms. The first-order valence-corrected chi connectivity index (χ1v) is 7.34. The molecular formula is C18H23ClN2. The number of piperazine rings is 1. The van der Waals surface area contributed by atoms with E-state index in [4.69, 9.17) is 0 Å². The number of rotatable bonds is 3. The molecule has 1 aliphatic heterocycles. The van der Waals surface area contributed by atoms with Gasteiger partial charge in [0, 0.05) is 32.2 Å². The van der Waals surface area contributed by atoms with E-state index in [0.717, 1.165) is 26.2 Å². The molecule has 1 unspecified atom stereocenters. The summed E-state index contributed by atoms with van der Waals surface area (Å²) in [4.78, 5) is 5.03. The van der Waals surface area contributed by atoms with Crippen LogP contribution >= 0.6 is 12.4 Å². The maximum atomic E-state index is 2.60. The summed E-state index contributed by atoms with van der Waals surface area (Å²) in [6, 6.07) is 22.2. The van der Waals surface area contributed by atoms with Crippen molar-refractivity contribution < 1.29 is 0 Å². The lowest BCUT2D eigenvalue weighted by Gasteiger charge is -2.40. The quantitative estimate of drug-likeness (QED) is 0.855. The fourth-order valence-corrected chi connectivity index (χ4v) is 2.96. The van der Waals surface area contributed by atoms with E-state index in [1.165, 1.54) is 11.1 Å². The highest BCUT2D eigenvalue weighted by Crippen LogP contribution is 2.26. The molecule has 0 aliphatic carbocycles. The van der Waals surface area contributed by atoms with Crippen molar-refractivity contribution in [3.05, 3.63) is 71.8 Å². The van der Waals surface area contributed by atoms with Gasteiger partial charge in [-0.1, -0.05) is 60.7 Å². The highest BCUT2D eigenvalue weighted by molar-refractivity contribution is 5.85. The van der Waals surface area contributed by atoms with Gasteiger partial charge in [-0.3, -0.25) is 4.90 Å². The molecule has 0 amide bonds. The predicted octanol–water partition coefficient (Wildman–Crippen LogP) is 3.60. The standard InChI is InChI=1S/C18H22N2.ClH/c1-19-12-13-20(14-16-8-4-2-5-9-16)18(15-19)17-10-6-3-7-11-17;/h2-11,18H,12-15H2,1H3;1H. The van der Waals surface area contributed by atoms with Gasteiger partial charge in [0.25, 0.3) is 0 Å². The number of benzene rings is 2. The summed E-state index contributed by atoms with van der Waals surface area (Å²) >= 11 is 0. The summed E-state index contributed by atoms with van der Waals surface area (Å²) in [7, 11) is 2.22. The van der Waals surface area contributed by atoms with Crippen LogP contribution in [0.3, 0.4) is 0 Å². The summed E-state index contributed by atoms with van der Waals surface area (Å²) in [5.41, 5.74) is 2.83. The molecule has 0 saturated carbocycles. The summed E-state index contributed by atoms with van der Waals surface area (Å²) in [5, 5.41) is 0. The highest BCUT2D eigenvalue weighted by Gasteiger charge is 2.26.